The van der Waals surface area contributed by atoms with Gasteiger partial charge in [0.1, 0.15) is 16.9 Å². The van der Waals surface area contributed by atoms with Crippen LogP contribution >= 0.6 is 0 Å². The maximum atomic E-state index is 9.70. The quantitative estimate of drug-likeness (QED) is 0.636. The third-order valence-electron chi connectivity index (χ3n) is 2.38. The van der Waals surface area contributed by atoms with Crippen LogP contribution in [0, 0.1) is 0 Å². The molecule has 0 unspecified atom stereocenters. The molecule has 4 nitrogen and oxygen atoms in total. The molecule has 0 aliphatic heterocycles. The Morgan fingerprint density at radius 3 is 2.39 bits per heavy atom. The van der Waals surface area contributed by atoms with Crippen LogP contribution < -0.4 is 0 Å². The zero-order chi connectivity index (χ0) is 13.1. The molecule has 4 heteroatoms. The van der Waals surface area contributed by atoms with Gasteiger partial charge in [-0.3, -0.25) is 4.79 Å². The minimum atomic E-state index is -0.833. The average molecular weight is 244 g/mol. The summed E-state index contributed by atoms with van der Waals surface area (Å²) in [4.78, 5) is 9.00. The third kappa shape index (κ3) is 2.27. The van der Waals surface area contributed by atoms with Crippen molar-refractivity contribution < 1.29 is 19.4 Å². The van der Waals surface area contributed by atoms with Crippen molar-refractivity contribution >= 4 is 27.9 Å². The van der Waals surface area contributed by atoms with E-state index >= 15 is 0 Å². The second kappa shape index (κ2) is 4.79. The van der Waals surface area contributed by atoms with E-state index < -0.39 is 5.97 Å². The Kier molecular flexibility index (Phi) is 3.19. The Balaban J connectivity index is 0.000000267. The van der Waals surface area contributed by atoms with Crippen LogP contribution in [0.15, 0.2) is 46.9 Å². The van der Waals surface area contributed by atoms with E-state index in [1.165, 1.54) is 0 Å². The molecule has 0 aliphatic rings. The first-order chi connectivity index (χ1) is 8.59. The van der Waals surface area contributed by atoms with Crippen LogP contribution in [0.1, 0.15) is 6.92 Å². The van der Waals surface area contributed by atoms with Gasteiger partial charge in [-0.2, -0.15) is 0 Å². The van der Waals surface area contributed by atoms with Gasteiger partial charge >= 0.3 is 0 Å². The number of para-hydroxylation sites is 1. The van der Waals surface area contributed by atoms with Crippen molar-refractivity contribution in [2.24, 2.45) is 0 Å². The number of hydrogen-bond acceptors (Lipinski definition) is 3. The number of carbonyl (C=O) groups is 1. The maximum absolute atomic E-state index is 9.70. The second-order valence-electron chi connectivity index (χ2n) is 3.77. The molecule has 2 N–H and O–H groups in total. The molecule has 2 aromatic carbocycles. The van der Waals surface area contributed by atoms with Crippen LogP contribution in [-0.4, -0.2) is 16.2 Å². The van der Waals surface area contributed by atoms with Crippen molar-refractivity contribution in [3.8, 4) is 5.75 Å². The number of carboxylic acids is 1. The van der Waals surface area contributed by atoms with Crippen molar-refractivity contribution in [2.75, 3.05) is 0 Å². The number of fused-ring (bicyclic) bond motifs is 3. The highest BCUT2D eigenvalue weighted by Crippen LogP contribution is 2.34. The van der Waals surface area contributed by atoms with Gasteiger partial charge < -0.3 is 14.6 Å². The number of aromatic hydroxyl groups is 1. The van der Waals surface area contributed by atoms with E-state index in [2.05, 4.69) is 0 Å². The van der Waals surface area contributed by atoms with Crippen molar-refractivity contribution in [1.82, 2.24) is 0 Å². The Bertz CT molecular complexity index is 693. The van der Waals surface area contributed by atoms with Crippen molar-refractivity contribution in [3.63, 3.8) is 0 Å². The SMILES string of the molecule is CC(=O)O.Oc1cccc2oc3ccccc3c12. The van der Waals surface area contributed by atoms with E-state index in [1.807, 2.05) is 30.3 Å². The number of carboxylic acid groups (broad SMARTS) is 1. The number of hydrogen-bond donors (Lipinski definition) is 2. The van der Waals surface area contributed by atoms with Gasteiger partial charge in [-0.05, 0) is 18.2 Å². The summed E-state index contributed by atoms with van der Waals surface area (Å²) in [5.74, 6) is -0.563. The molecule has 0 atom stereocenters. The van der Waals surface area contributed by atoms with Gasteiger partial charge in [-0.25, -0.2) is 0 Å². The summed E-state index contributed by atoms with van der Waals surface area (Å²) in [6.45, 7) is 1.08. The summed E-state index contributed by atoms with van der Waals surface area (Å²) >= 11 is 0. The predicted molar refractivity (Wildman–Crippen MR) is 68.7 cm³/mol. The number of benzene rings is 2. The van der Waals surface area contributed by atoms with Crippen LogP contribution in [0.3, 0.4) is 0 Å². The second-order valence-corrected chi connectivity index (χ2v) is 3.77. The normalized spacial score (nSPS) is 10.1. The molecule has 0 bridgehead atoms. The first kappa shape index (κ1) is 12.0. The molecule has 0 aliphatic carbocycles. The van der Waals surface area contributed by atoms with Crippen molar-refractivity contribution in [3.05, 3.63) is 42.5 Å². The third-order valence-corrected chi connectivity index (χ3v) is 2.38. The number of rotatable bonds is 0. The summed E-state index contributed by atoms with van der Waals surface area (Å²) in [5.41, 5.74) is 1.54. The number of phenols is 1. The van der Waals surface area contributed by atoms with Gasteiger partial charge in [0.05, 0.1) is 5.39 Å². The van der Waals surface area contributed by atoms with E-state index in [4.69, 9.17) is 14.3 Å². The molecule has 1 heterocycles. The average Bonchev–Trinajstić information content (AvgIpc) is 2.67. The molecule has 3 rings (SSSR count). The van der Waals surface area contributed by atoms with Crippen molar-refractivity contribution in [1.29, 1.82) is 0 Å². The lowest BCUT2D eigenvalue weighted by atomic mass is 10.1. The molecular formula is C14H12O4. The number of furan rings is 1. The topological polar surface area (TPSA) is 70.7 Å². The highest BCUT2D eigenvalue weighted by Gasteiger charge is 2.08. The molecule has 0 spiro atoms. The lowest BCUT2D eigenvalue weighted by Crippen LogP contribution is -1.78. The largest absolute Gasteiger partial charge is 0.507 e. The van der Waals surface area contributed by atoms with E-state index in [-0.39, 0.29) is 5.75 Å². The highest BCUT2D eigenvalue weighted by atomic mass is 16.4. The minimum absolute atomic E-state index is 0.271. The molecule has 18 heavy (non-hydrogen) atoms. The lowest BCUT2D eigenvalue weighted by Gasteiger charge is -1.92. The van der Waals surface area contributed by atoms with E-state index in [0.29, 0.717) is 0 Å². The molecule has 0 amide bonds. The van der Waals surface area contributed by atoms with E-state index in [1.54, 1.807) is 12.1 Å². The zero-order valence-corrected chi connectivity index (χ0v) is 9.75. The fourth-order valence-electron chi connectivity index (χ4n) is 1.76. The van der Waals surface area contributed by atoms with Crippen LogP contribution in [0.2, 0.25) is 0 Å². The lowest BCUT2D eigenvalue weighted by molar-refractivity contribution is -0.134. The van der Waals surface area contributed by atoms with Gasteiger partial charge in [0.2, 0.25) is 0 Å². The Labute approximate surface area is 103 Å². The standard InChI is InChI=1S/C12H8O2.C2H4O2/c13-9-5-3-7-11-12(9)8-4-1-2-6-10(8)14-11;1-2(3)4/h1-7,13H;1H3,(H,3,4). The molecule has 3 aromatic rings. The first-order valence-corrected chi connectivity index (χ1v) is 5.38. The fraction of sp³-hybridized carbons (Fsp3) is 0.0714. The summed E-state index contributed by atoms with van der Waals surface area (Å²) in [5, 5.41) is 18.9. The number of aliphatic carboxylic acids is 1. The molecule has 0 fully saturated rings. The number of phenolic OH excluding ortho intramolecular Hbond substituents is 1. The molecule has 0 radical (unpaired) electrons. The van der Waals surface area contributed by atoms with Gasteiger partial charge in [0.15, 0.2) is 0 Å². The molecule has 1 aromatic heterocycles. The van der Waals surface area contributed by atoms with Crippen LogP contribution in [0.5, 0.6) is 5.75 Å². The molecule has 92 valence electrons. The van der Waals surface area contributed by atoms with Gasteiger partial charge in [-0.1, -0.05) is 24.3 Å². The molecule has 0 saturated heterocycles. The van der Waals surface area contributed by atoms with Gasteiger partial charge in [-0.15, -0.1) is 0 Å². The van der Waals surface area contributed by atoms with E-state index in [9.17, 15) is 5.11 Å². The summed E-state index contributed by atoms with van der Waals surface area (Å²) in [7, 11) is 0. The Hall–Kier alpha value is -2.49. The van der Waals surface area contributed by atoms with E-state index in [0.717, 1.165) is 28.9 Å². The van der Waals surface area contributed by atoms with Gasteiger partial charge in [0, 0.05) is 12.3 Å². The Morgan fingerprint density at radius 1 is 1.06 bits per heavy atom. The van der Waals surface area contributed by atoms with Crippen LogP contribution in [0.4, 0.5) is 0 Å². The monoisotopic (exact) mass is 244 g/mol. The summed E-state index contributed by atoms with van der Waals surface area (Å²) in [6.07, 6.45) is 0. The zero-order valence-electron chi connectivity index (χ0n) is 9.75. The smallest absolute Gasteiger partial charge is 0.300 e. The summed E-state index contributed by atoms with van der Waals surface area (Å²) < 4.78 is 5.57. The van der Waals surface area contributed by atoms with Gasteiger partial charge in [0.25, 0.3) is 5.97 Å². The van der Waals surface area contributed by atoms with Crippen LogP contribution in [-0.2, 0) is 4.79 Å². The minimum Gasteiger partial charge on any atom is -0.507 e. The van der Waals surface area contributed by atoms with Crippen molar-refractivity contribution in [2.45, 2.75) is 6.92 Å². The maximum Gasteiger partial charge on any atom is 0.300 e. The first-order valence-electron chi connectivity index (χ1n) is 5.38. The fourth-order valence-corrected chi connectivity index (χ4v) is 1.76. The Morgan fingerprint density at radius 2 is 1.67 bits per heavy atom. The summed E-state index contributed by atoms with van der Waals surface area (Å²) in [6, 6.07) is 13.0. The molecular weight excluding hydrogens is 232 g/mol. The molecule has 0 saturated carbocycles. The predicted octanol–water partition coefficient (Wildman–Crippen LogP) is 3.38. The highest BCUT2D eigenvalue weighted by molar-refractivity contribution is 6.07. The van der Waals surface area contributed by atoms with Crippen LogP contribution in [0.25, 0.3) is 21.9 Å².